The van der Waals surface area contributed by atoms with E-state index in [0.717, 1.165) is 25.7 Å². The number of nitrogens with zero attached hydrogens (tertiary/aromatic N) is 2. The average Bonchev–Trinajstić information content (AvgIpc) is 2.93. The maximum Gasteiger partial charge on any atom is 0.332 e. The van der Waals surface area contributed by atoms with Crippen molar-refractivity contribution in [3.05, 3.63) is 51.7 Å². The molecule has 0 bridgehead atoms. The fourth-order valence-electron chi connectivity index (χ4n) is 3.71. The first-order chi connectivity index (χ1) is 13.9. The van der Waals surface area contributed by atoms with Crippen molar-refractivity contribution in [1.82, 2.24) is 14.5 Å². The predicted molar refractivity (Wildman–Crippen MR) is 112 cm³/mol. The molecule has 1 amide bonds. The fraction of sp³-hybridized carbons (Fsp3) is 0.524. The van der Waals surface area contributed by atoms with Crippen molar-refractivity contribution >= 4 is 17.5 Å². The summed E-state index contributed by atoms with van der Waals surface area (Å²) in [5.41, 5.74) is -0.263. The van der Waals surface area contributed by atoms with Gasteiger partial charge in [0.25, 0.3) is 5.91 Å². The molecule has 0 atom stereocenters. The van der Waals surface area contributed by atoms with Gasteiger partial charge in [0, 0.05) is 26.0 Å². The van der Waals surface area contributed by atoms with E-state index in [9.17, 15) is 14.7 Å². The molecule has 2 N–H and O–H groups in total. The Bertz CT molecular complexity index is 898. The minimum Gasteiger partial charge on any atom is -0.388 e. The Morgan fingerprint density at radius 2 is 1.97 bits per heavy atom. The van der Waals surface area contributed by atoms with Crippen molar-refractivity contribution in [2.75, 3.05) is 20.3 Å². The molecule has 0 saturated heterocycles. The minimum absolute atomic E-state index is 0.194. The van der Waals surface area contributed by atoms with Crippen LogP contribution in [0.4, 0.5) is 0 Å². The van der Waals surface area contributed by atoms with Crippen LogP contribution in [0.25, 0.3) is 5.69 Å². The fourth-order valence-corrected chi connectivity index (χ4v) is 3.91. The Hall–Kier alpha value is -2.09. The minimum atomic E-state index is -0.869. The second-order valence-corrected chi connectivity index (χ2v) is 8.03. The lowest BCUT2D eigenvalue weighted by molar-refractivity contribution is 0.0246. The van der Waals surface area contributed by atoms with Crippen LogP contribution in [0, 0.1) is 0 Å². The molecule has 2 aromatic rings. The van der Waals surface area contributed by atoms with Crippen LogP contribution >= 0.6 is 11.6 Å². The van der Waals surface area contributed by atoms with E-state index in [-0.39, 0.29) is 23.7 Å². The lowest BCUT2D eigenvalue weighted by atomic mass is 9.94. The molecule has 158 valence electrons. The lowest BCUT2D eigenvalue weighted by Gasteiger charge is -2.26. The zero-order valence-electron chi connectivity index (χ0n) is 16.7. The van der Waals surface area contributed by atoms with Crippen LogP contribution in [0.15, 0.2) is 35.4 Å². The van der Waals surface area contributed by atoms with Crippen LogP contribution in [0.5, 0.6) is 0 Å². The van der Waals surface area contributed by atoms with Crippen molar-refractivity contribution in [2.45, 2.75) is 50.7 Å². The van der Waals surface area contributed by atoms with Crippen LogP contribution in [0.1, 0.15) is 48.9 Å². The van der Waals surface area contributed by atoms with Gasteiger partial charge in [0.05, 0.1) is 35.0 Å². The number of aromatic nitrogens is 2. The third-order valence-corrected chi connectivity index (χ3v) is 5.80. The van der Waals surface area contributed by atoms with Gasteiger partial charge in [0.1, 0.15) is 0 Å². The van der Waals surface area contributed by atoms with Crippen LogP contribution in [-0.4, -0.2) is 46.0 Å². The summed E-state index contributed by atoms with van der Waals surface area (Å²) in [5, 5.41) is 13.9. The standard InChI is InChI=1S/C21H28ClN3O4/c1-29-13-12-24-10-11-25(20(24)27)16-6-7-18(22)17(14-16)19(26)23-15-21(28)8-4-2-3-5-9-21/h6-7,10-11,14,28H,2-5,8-9,12-13,15H2,1H3,(H,23,26). The molecule has 1 aromatic heterocycles. The predicted octanol–water partition coefficient (Wildman–Crippen LogP) is 2.75. The Kier molecular flexibility index (Phi) is 7.16. The van der Waals surface area contributed by atoms with Crippen LogP contribution in [0.3, 0.4) is 0 Å². The van der Waals surface area contributed by atoms with E-state index >= 15 is 0 Å². The summed E-state index contributed by atoms with van der Waals surface area (Å²) in [6.07, 6.45) is 8.86. The highest BCUT2D eigenvalue weighted by Gasteiger charge is 2.28. The van der Waals surface area contributed by atoms with Gasteiger partial charge in [0.2, 0.25) is 0 Å². The molecule has 29 heavy (non-hydrogen) atoms. The average molecular weight is 422 g/mol. The van der Waals surface area contributed by atoms with Gasteiger partial charge in [-0.2, -0.15) is 0 Å². The van der Waals surface area contributed by atoms with E-state index in [4.69, 9.17) is 16.3 Å². The lowest BCUT2D eigenvalue weighted by Crippen LogP contribution is -2.42. The molecule has 1 aromatic carbocycles. The van der Waals surface area contributed by atoms with Gasteiger partial charge in [-0.25, -0.2) is 4.79 Å². The van der Waals surface area contributed by atoms with Gasteiger partial charge in [-0.3, -0.25) is 13.9 Å². The number of amides is 1. The van der Waals surface area contributed by atoms with Gasteiger partial charge in [-0.15, -0.1) is 0 Å². The number of halogens is 1. The summed E-state index contributed by atoms with van der Waals surface area (Å²) in [6.45, 7) is 1.07. The molecule has 8 heteroatoms. The summed E-state index contributed by atoms with van der Waals surface area (Å²) in [6, 6.07) is 4.89. The van der Waals surface area contributed by atoms with E-state index in [2.05, 4.69) is 5.32 Å². The van der Waals surface area contributed by atoms with E-state index in [1.807, 2.05) is 0 Å². The molecule has 1 heterocycles. The Labute approximate surface area is 175 Å². The number of imidazole rings is 1. The van der Waals surface area contributed by atoms with E-state index in [1.54, 1.807) is 42.3 Å². The highest BCUT2D eigenvalue weighted by Crippen LogP contribution is 2.27. The second-order valence-electron chi connectivity index (χ2n) is 7.62. The summed E-state index contributed by atoms with van der Waals surface area (Å²) in [5.74, 6) is -0.360. The maximum atomic E-state index is 12.7. The molecule has 1 aliphatic rings. The SMILES string of the molecule is COCCn1ccn(-c2ccc(Cl)c(C(=O)NCC3(O)CCCCCC3)c2)c1=O. The first-order valence-corrected chi connectivity index (χ1v) is 10.4. The number of nitrogens with one attached hydrogen (secondary N) is 1. The number of aliphatic hydroxyl groups is 1. The number of ether oxygens (including phenoxy) is 1. The van der Waals surface area contributed by atoms with Crippen LogP contribution in [0.2, 0.25) is 5.02 Å². The summed E-state index contributed by atoms with van der Waals surface area (Å²) < 4.78 is 8.02. The van der Waals surface area contributed by atoms with E-state index in [1.165, 1.54) is 4.57 Å². The molecule has 3 rings (SSSR count). The first kappa shape index (κ1) is 21.6. The molecule has 0 unspecified atom stereocenters. The molecule has 1 aliphatic carbocycles. The van der Waals surface area contributed by atoms with Gasteiger partial charge >= 0.3 is 5.69 Å². The number of carbonyl (C=O) groups excluding carboxylic acids is 1. The van der Waals surface area contributed by atoms with Crippen molar-refractivity contribution in [3.63, 3.8) is 0 Å². The zero-order valence-corrected chi connectivity index (χ0v) is 17.5. The Morgan fingerprint density at radius 1 is 1.24 bits per heavy atom. The third-order valence-electron chi connectivity index (χ3n) is 5.47. The topological polar surface area (TPSA) is 85.5 Å². The molecular weight excluding hydrogens is 394 g/mol. The van der Waals surface area contributed by atoms with Crippen molar-refractivity contribution in [3.8, 4) is 5.69 Å². The van der Waals surface area contributed by atoms with Gasteiger partial charge in [-0.05, 0) is 31.0 Å². The monoisotopic (exact) mass is 421 g/mol. The van der Waals surface area contributed by atoms with Crippen molar-refractivity contribution in [1.29, 1.82) is 0 Å². The van der Waals surface area contributed by atoms with Crippen LogP contribution in [-0.2, 0) is 11.3 Å². The zero-order chi connectivity index (χ0) is 20.9. The van der Waals surface area contributed by atoms with Crippen molar-refractivity contribution in [2.24, 2.45) is 0 Å². The molecule has 1 saturated carbocycles. The first-order valence-electron chi connectivity index (χ1n) is 10.0. The van der Waals surface area contributed by atoms with E-state index < -0.39 is 5.60 Å². The van der Waals surface area contributed by atoms with Crippen molar-refractivity contribution < 1.29 is 14.6 Å². The number of carbonyl (C=O) groups is 1. The number of hydrogen-bond donors (Lipinski definition) is 2. The Morgan fingerprint density at radius 3 is 2.66 bits per heavy atom. The van der Waals surface area contributed by atoms with Gasteiger partial charge in [0.15, 0.2) is 0 Å². The van der Waals surface area contributed by atoms with Crippen LogP contribution < -0.4 is 11.0 Å². The van der Waals surface area contributed by atoms with Gasteiger partial charge < -0.3 is 15.2 Å². The smallest absolute Gasteiger partial charge is 0.332 e. The number of benzene rings is 1. The quantitative estimate of drug-likeness (QED) is 0.673. The highest BCUT2D eigenvalue weighted by atomic mass is 35.5. The molecule has 1 fully saturated rings. The number of hydrogen-bond acceptors (Lipinski definition) is 4. The number of rotatable bonds is 7. The third kappa shape index (κ3) is 5.29. The highest BCUT2D eigenvalue weighted by molar-refractivity contribution is 6.33. The molecular formula is C21H28ClN3O4. The molecule has 0 radical (unpaired) electrons. The molecule has 0 spiro atoms. The normalized spacial score (nSPS) is 16.4. The number of methoxy groups -OCH3 is 1. The molecule has 7 nitrogen and oxygen atoms in total. The maximum absolute atomic E-state index is 12.7. The largest absolute Gasteiger partial charge is 0.388 e. The summed E-state index contributed by atoms with van der Waals surface area (Å²) in [4.78, 5) is 25.3. The second kappa shape index (κ2) is 9.61. The Balaban J connectivity index is 1.76. The molecule has 0 aliphatic heterocycles. The summed E-state index contributed by atoms with van der Waals surface area (Å²) in [7, 11) is 1.58. The van der Waals surface area contributed by atoms with Gasteiger partial charge in [-0.1, -0.05) is 37.3 Å². The summed E-state index contributed by atoms with van der Waals surface area (Å²) >= 11 is 6.24. The van der Waals surface area contributed by atoms with E-state index in [0.29, 0.717) is 36.7 Å².